The van der Waals surface area contributed by atoms with E-state index < -0.39 is 5.82 Å². The predicted molar refractivity (Wildman–Crippen MR) is 79.0 cm³/mol. The molecule has 0 saturated heterocycles. The van der Waals surface area contributed by atoms with Gasteiger partial charge in [-0.3, -0.25) is 4.79 Å². The summed E-state index contributed by atoms with van der Waals surface area (Å²) in [6.07, 6.45) is 2.04. The molecule has 0 atom stereocenters. The van der Waals surface area contributed by atoms with E-state index in [4.69, 9.17) is 10.5 Å². The topological polar surface area (TPSA) is 64.3 Å². The molecule has 3 N–H and O–H groups in total. The van der Waals surface area contributed by atoms with Gasteiger partial charge in [0.2, 0.25) is 5.91 Å². The average Bonchev–Trinajstić information content (AvgIpc) is 2.36. The number of anilines is 2. The summed E-state index contributed by atoms with van der Waals surface area (Å²) in [5.74, 6) is 0.0644. The van der Waals surface area contributed by atoms with E-state index in [2.05, 4.69) is 19.2 Å². The highest BCUT2D eigenvalue weighted by atomic mass is 19.1. The first kappa shape index (κ1) is 16.4. The van der Waals surface area contributed by atoms with Crippen LogP contribution < -0.4 is 11.1 Å². The lowest BCUT2D eigenvalue weighted by Crippen LogP contribution is -2.13. The summed E-state index contributed by atoms with van der Waals surface area (Å²) in [6.45, 7) is 5.58. The molecule has 4 nitrogen and oxygen atoms in total. The number of amides is 1. The van der Waals surface area contributed by atoms with Crippen molar-refractivity contribution < 1.29 is 13.9 Å². The van der Waals surface area contributed by atoms with Crippen LogP contribution in [0.3, 0.4) is 0 Å². The van der Waals surface area contributed by atoms with Gasteiger partial charge in [0.25, 0.3) is 0 Å². The van der Waals surface area contributed by atoms with Gasteiger partial charge in [0, 0.05) is 19.6 Å². The van der Waals surface area contributed by atoms with Gasteiger partial charge in [0.15, 0.2) is 0 Å². The van der Waals surface area contributed by atoms with Crippen LogP contribution in [0.15, 0.2) is 18.2 Å². The fraction of sp³-hybridized carbons (Fsp3) is 0.533. The van der Waals surface area contributed by atoms with Crippen molar-refractivity contribution in [1.29, 1.82) is 0 Å². The third-order valence-corrected chi connectivity index (χ3v) is 2.82. The van der Waals surface area contributed by atoms with Crippen LogP contribution in [0.2, 0.25) is 0 Å². The number of nitrogens with one attached hydrogen (secondary N) is 1. The Kier molecular flexibility index (Phi) is 7.01. The minimum absolute atomic E-state index is 0.143. The first-order chi connectivity index (χ1) is 9.49. The van der Waals surface area contributed by atoms with Crippen molar-refractivity contribution in [3.05, 3.63) is 24.0 Å². The maximum Gasteiger partial charge on any atom is 0.224 e. The summed E-state index contributed by atoms with van der Waals surface area (Å²) < 4.78 is 18.3. The average molecular weight is 282 g/mol. The van der Waals surface area contributed by atoms with Crippen molar-refractivity contribution in [2.45, 2.75) is 33.1 Å². The number of rotatable bonds is 8. The quantitative estimate of drug-likeness (QED) is 0.568. The number of halogens is 1. The lowest BCUT2D eigenvalue weighted by Gasteiger charge is -2.09. The molecule has 0 heterocycles. The maximum absolute atomic E-state index is 12.9. The third kappa shape index (κ3) is 6.52. The molecule has 0 aromatic heterocycles. The van der Waals surface area contributed by atoms with E-state index in [1.807, 2.05) is 0 Å². The maximum atomic E-state index is 12.9. The first-order valence-electron chi connectivity index (χ1n) is 6.91. The van der Waals surface area contributed by atoms with Gasteiger partial charge in [-0.1, -0.05) is 13.8 Å². The monoisotopic (exact) mass is 282 g/mol. The van der Waals surface area contributed by atoms with Gasteiger partial charge >= 0.3 is 0 Å². The molecule has 1 aromatic rings. The molecule has 0 aliphatic rings. The van der Waals surface area contributed by atoms with Gasteiger partial charge < -0.3 is 15.8 Å². The van der Waals surface area contributed by atoms with Crippen LogP contribution in [0.5, 0.6) is 0 Å². The number of ether oxygens (including phenoxy) is 1. The molecule has 20 heavy (non-hydrogen) atoms. The molecular formula is C15H23FN2O2. The minimum atomic E-state index is -0.418. The van der Waals surface area contributed by atoms with Crippen LogP contribution in [0.4, 0.5) is 15.8 Å². The molecule has 5 heteroatoms. The minimum Gasteiger partial charge on any atom is -0.397 e. The van der Waals surface area contributed by atoms with Crippen LogP contribution in [0, 0.1) is 11.7 Å². The summed E-state index contributed by atoms with van der Waals surface area (Å²) >= 11 is 0. The predicted octanol–water partition coefficient (Wildman–Crippen LogP) is 3.19. The second-order valence-corrected chi connectivity index (χ2v) is 5.18. The van der Waals surface area contributed by atoms with Crippen molar-refractivity contribution >= 4 is 17.3 Å². The van der Waals surface area contributed by atoms with E-state index in [1.54, 1.807) is 0 Å². The van der Waals surface area contributed by atoms with Crippen LogP contribution in [0.25, 0.3) is 0 Å². The SMILES string of the molecule is CC(C)CCOCCCC(=O)Nc1ccc(F)cc1N. The lowest BCUT2D eigenvalue weighted by molar-refractivity contribution is -0.116. The Labute approximate surface area is 119 Å². The lowest BCUT2D eigenvalue weighted by atomic mass is 10.1. The molecule has 1 amide bonds. The molecule has 0 spiro atoms. The number of benzene rings is 1. The Balaban J connectivity index is 2.20. The zero-order valence-electron chi connectivity index (χ0n) is 12.1. The number of hydrogen-bond acceptors (Lipinski definition) is 3. The van der Waals surface area contributed by atoms with Crippen LogP contribution in [-0.4, -0.2) is 19.1 Å². The van der Waals surface area contributed by atoms with Crippen LogP contribution in [-0.2, 0) is 9.53 Å². The Bertz CT molecular complexity index is 436. The van der Waals surface area contributed by atoms with Gasteiger partial charge in [0.1, 0.15) is 5.82 Å². The third-order valence-electron chi connectivity index (χ3n) is 2.82. The van der Waals surface area contributed by atoms with E-state index in [0.717, 1.165) is 13.0 Å². The van der Waals surface area contributed by atoms with Gasteiger partial charge in [0.05, 0.1) is 11.4 Å². The molecule has 0 bridgehead atoms. The second kappa shape index (κ2) is 8.53. The van der Waals surface area contributed by atoms with E-state index in [0.29, 0.717) is 31.1 Å². The summed E-state index contributed by atoms with van der Waals surface area (Å²) in [5, 5.41) is 2.66. The highest BCUT2D eigenvalue weighted by Gasteiger charge is 2.06. The first-order valence-corrected chi connectivity index (χ1v) is 6.91. The summed E-state index contributed by atoms with van der Waals surface area (Å²) in [7, 11) is 0. The highest BCUT2D eigenvalue weighted by molar-refractivity contribution is 5.93. The second-order valence-electron chi connectivity index (χ2n) is 5.18. The standard InChI is InChI=1S/C15H23FN2O2/c1-11(2)7-9-20-8-3-4-15(19)18-14-6-5-12(16)10-13(14)17/h5-6,10-11H,3-4,7-9,17H2,1-2H3,(H,18,19). The number of nitrogen functional groups attached to an aromatic ring is 1. The Hall–Kier alpha value is -1.62. The molecule has 0 saturated carbocycles. The Morgan fingerprint density at radius 3 is 2.80 bits per heavy atom. The molecule has 1 rings (SSSR count). The smallest absolute Gasteiger partial charge is 0.224 e. The summed E-state index contributed by atoms with van der Waals surface area (Å²) in [5.41, 5.74) is 6.28. The molecule has 112 valence electrons. The van der Waals surface area contributed by atoms with Crippen LogP contribution >= 0.6 is 0 Å². The number of hydrogen-bond donors (Lipinski definition) is 2. The Morgan fingerprint density at radius 1 is 1.40 bits per heavy atom. The normalized spacial score (nSPS) is 10.8. The van der Waals surface area contributed by atoms with Crippen molar-refractivity contribution in [1.82, 2.24) is 0 Å². The van der Waals surface area contributed by atoms with E-state index in [9.17, 15) is 9.18 Å². The fourth-order valence-corrected chi connectivity index (χ4v) is 1.62. The van der Waals surface area contributed by atoms with Crippen molar-refractivity contribution in [3.63, 3.8) is 0 Å². The molecule has 0 unspecified atom stereocenters. The zero-order chi connectivity index (χ0) is 15.0. The van der Waals surface area contributed by atoms with Crippen molar-refractivity contribution in [3.8, 4) is 0 Å². The van der Waals surface area contributed by atoms with E-state index >= 15 is 0 Å². The van der Waals surface area contributed by atoms with E-state index in [1.165, 1.54) is 18.2 Å². The molecule has 0 radical (unpaired) electrons. The zero-order valence-corrected chi connectivity index (χ0v) is 12.1. The van der Waals surface area contributed by atoms with Crippen molar-refractivity contribution in [2.75, 3.05) is 24.3 Å². The van der Waals surface area contributed by atoms with Gasteiger partial charge in [-0.05, 0) is 37.0 Å². The van der Waals surface area contributed by atoms with Crippen LogP contribution in [0.1, 0.15) is 33.1 Å². The molecule has 0 aliphatic heterocycles. The molecule has 0 aliphatic carbocycles. The Morgan fingerprint density at radius 2 is 2.15 bits per heavy atom. The number of carbonyl (C=O) groups is 1. The molecular weight excluding hydrogens is 259 g/mol. The van der Waals surface area contributed by atoms with Crippen molar-refractivity contribution in [2.24, 2.45) is 5.92 Å². The number of nitrogens with two attached hydrogens (primary N) is 1. The highest BCUT2D eigenvalue weighted by Crippen LogP contribution is 2.19. The molecule has 0 fully saturated rings. The van der Waals surface area contributed by atoms with Gasteiger partial charge in [-0.25, -0.2) is 4.39 Å². The summed E-state index contributed by atoms with van der Waals surface area (Å²) in [4.78, 5) is 11.7. The fourth-order valence-electron chi connectivity index (χ4n) is 1.62. The van der Waals surface area contributed by atoms with Gasteiger partial charge in [-0.15, -0.1) is 0 Å². The number of carbonyl (C=O) groups excluding carboxylic acids is 1. The largest absolute Gasteiger partial charge is 0.397 e. The molecule has 1 aromatic carbocycles. The van der Waals surface area contributed by atoms with Gasteiger partial charge in [-0.2, -0.15) is 0 Å². The summed E-state index contributed by atoms with van der Waals surface area (Å²) in [6, 6.07) is 3.91. The van der Waals surface area contributed by atoms with E-state index in [-0.39, 0.29) is 11.6 Å².